The third-order valence-corrected chi connectivity index (χ3v) is 1.77. The maximum Gasteiger partial charge on any atom is 0.360 e. The van der Waals surface area contributed by atoms with Crippen LogP contribution in [0.3, 0.4) is 0 Å². The van der Waals surface area contributed by atoms with Crippen LogP contribution in [0, 0.1) is 6.92 Å². The van der Waals surface area contributed by atoms with E-state index < -0.39 is 5.97 Å². The second-order valence-electron chi connectivity index (χ2n) is 2.73. The maximum absolute atomic E-state index is 11.4. The van der Waals surface area contributed by atoms with Crippen molar-refractivity contribution in [3.63, 3.8) is 0 Å². The Morgan fingerprint density at radius 3 is 2.86 bits per heavy atom. The molecule has 0 saturated carbocycles. The van der Waals surface area contributed by atoms with Gasteiger partial charge in [0, 0.05) is 6.20 Å². The van der Waals surface area contributed by atoms with Crippen molar-refractivity contribution in [2.75, 3.05) is 13.7 Å². The van der Waals surface area contributed by atoms with Crippen molar-refractivity contribution >= 4 is 5.97 Å². The Hall–Kier alpha value is -1.58. The van der Waals surface area contributed by atoms with Crippen molar-refractivity contribution in [1.29, 1.82) is 0 Å². The fourth-order valence-corrected chi connectivity index (χ4v) is 1.15. The van der Waals surface area contributed by atoms with Crippen LogP contribution >= 0.6 is 0 Å². The maximum atomic E-state index is 11.4. The predicted molar refractivity (Wildman–Crippen MR) is 51.5 cm³/mol. The molecule has 0 spiro atoms. The SMILES string of the molecule is CCOC(=O)c1nccc(C)c1OC. The number of nitrogens with zero attached hydrogens (tertiary/aromatic N) is 1. The Morgan fingerprint density at radius 1 is 1.57 bits per heavy atom. The van der Waals surface area contributed by atoms with Gasteiger partial charge in [0.15, 0.2) is 11.4 Å². The van der Waals surface area contributed by atoms with Gasteiger partial charge in [-0.05, 0) is 25.5 Å². The fraction of sp³-hybridized carbons (Fsp3) is 0.400. The number of aromatic nitrogens is 1. The molecule has 0 atom stereocenters. The minimum absolute atomic E-state index is 0.231. The van der Waals surface area contributed by atoms with E-state index in [-0.39, 0.29) is 5.69 Å². The molecular weight excluding hydrogens is 182 g/mol. The van der Waals surface area contributed by atoms with Crippen molar-refractivity contribution in [2.24, 2.45) is 0 Å². The Bertz CT molecular complexity index is 336. The van der Waals surface area contributed by atoms with Crippen LogP contribution in [0.5, 0.6) is 5.75 Å². The molecule has 76 valence electrons. The second-order valence-corrected chi connectivity index (χ2v) is 2.73. The van der Waals surface area contributed by atoms with Crippen LogP contribution < -0.4 is 4.74 Å². The molecular formula is C10H13NO3. The molecule has 4 nitrogen and oxygen atoms in total. The third-order valence-electron chi connectivity index (χ3n) is 1.77. The summed E-state index contributed by atoms with van der Waals surface area (Å²) in [6.45, 7) is 3.93. The van der Waals surface area contributed by atoms with Crippen LogP contribution in [-0.2, 0) is 4.74 Å². The highest BCUT2D eigenvalue weighted by Gasteiger charge is 2.16. The molecule has 1 rings (SSSR count). The zero-order chi connectivity index (χ0) is 10.6. The van der Waals surface area contributed by atoms with Gasteiger partial charge in [0.2, 0.25) is 0 Å². The number of carbonyl (C=O) groups excluding carboxylic acids is 1. The number of ether oxygens (including phenoxy) is 2. The average molecular weight is 195 g/mol. The van der Waals surface area contributed by atoms with Gasteiger partial charge in [-0.1, -0.05) is 0 Å². The Labute approximate surface area is 82.9 Å². The van der Waals surface area contributed by atoms with Crippen LogP contribution in [0.25, 0.3) is 0 Å². The molecule has 0 bridgehead atoms. The van der Waals surface area contributed by atoms with Gasteiger partial charge in [-0.15, -0.1) is 0 Å². The van der Waals surface area contributed by atoms with Crippen LogP contribution in [0.4, 0.5) is 0 Å². The van der Waals surface area contributed by atoms with Crippen LogP contribution in [-0.4, -0.2) is 24.7 Å². The molecule has 1 aromatic rings. The Balaban J connectivity index is 3.07. The summed E-state index contributed by atoms with van der Waals surface area (Å²) < 4.78 is 9.92. The normalized spacial score (nSPS) is 9.64. The second kappa shape index (κ2) is 4.60. The molecule has 0 aromatic carbocycles. The monoisotopic (exact) mass is 195 g/mol. The molecule has 0 aliphatic heterocycles. The zero-order valence-corrected chi connectivity index (χ0v) is 8.53. The standard InChI is InChI=1S/C10H13NO3/c1-4-14-10(12)8-9(13-3)7(2)5-6-11-8/h5-6H,4H2,1-3H3. The number of carbonyl (C=O) groups is 1. The van der Waals surface area contributed by atoms with Gasteiger partial charge in [-0.2, -0.15) is 0 Å². The molecule has 4 heteroatoms. The molecule has 0 radical (unpaired) electrons. The van der Waals surface area contributed by atoms with E-state index in [1.54, 1.807) is 19.2 Å². The van der Waals surface area contributed by atoms with Crippen molar-refractivity contribution in [3.8, 4) is 5.75 Å². The number of esters is 1. The first-order chi connectivity index (χ1) is 6.70. The number of rotatable bonds is 3. The number of pyridine rings is 1. The first-order valence-electron chi connectivity index (χ1n) is 4.37. The molecule has 0 unspecified atom stereocenters. The molecule has 14 heavy (non-hydrogen) atoms. The van der Waals surface area contributed by atoms with Gasteiger partial charge in [-0.3, -0.25) is 0 Å². The molecule has 1 heterocycles. The van der Waals surface area contributed by atoms with E-state index in [1.807, 2.05) is 6.92 Å². The van der Waals surface area contributed by atoms with Gasteiger partial charge < -0.3 is 9.47 Å². The van der Waals surface area contributed by atoms with E-state index in [0.717, 1.165) is 5.56 Å². The Morgan fingerprint density at radius 2 is 2.29 bits per heavy atom. The molecule has 0 aliphatic carbocycles. The smallest absolute Gasteiger partial charge is 0.360 e. The lowest BCUT2D eigenvalue weighted by atomic mass is 10.2. The number of hydrogen-bond acceptors (Lipinski definition) is 4. The minimum atomic E-state index is -0.451. The Kier molecular flexibility index (Phi) is 3.45. The van der Waals surface area contributed by atoms with E-state index in [9.17, 15) is 4.79 Å². The molecule has 0 amide bonds. The van der Waals surface area contributed by atoms with Gasteiger partial charge in [0.25, 0.3) is 0 Å². The molecule has 0 N–H and O–H groups in total. The van der Waals surface area contributed by atoms with Gasteiger partial charge in [-0.25, -0.2) is 9.78 Å². The summed E-state index contributed by atoms with van der Waals surface area (Å²) in [6, 6.07) is 1.78. The molecule has 0 fully saturated rings. The summed E-state index contributed by atoms with van der Waals surface area (Å²) >= 11 is 0. The van der Waals surface area contributed by atoms with Crippen molar-refractivity contribution < 1.29 is 14.3 Å². The highest BCUT2D eigenvalue weighted by Crippen LogP contribution is 2.21. The van der Waals surface area contributed by atoms with E-state index >= 15 is 0 Å². The number of methoxy groups -OCH3 is 1. The summed E-state index contributed by atoms with van der Waals surface area (Å²) in [5, 5.41) is 0. The molecule has 0 aliphatic rings. The van der Waals surface area contributed by atoms with E-state index in [0.29, 0.717) is 12.4 Å². The highest BCUT2D eigenvalue weighted by molar-refractivity contribution is 5.90. The third kappa shape index (κ3) is 2.02. The number of aryl methyl sites for hydroxylation is 1. The van der Waals surface area contributed by atoms with Crippen molar-refractivity contribution in [1.82, 2.24) is 4.98 Å². The summed E-state index contributed by atoms with van der Waals surface area (Å²) in [5.74, 6) is 0.0269. The van der Waals surface area contributed by atoms with Crippen molar-refractivity contribution in [3.05, 3.63) is 23.5 Å². The fourth-order valence-electron chi connectivity index (χ4n) is 1.15. The first-order valence-corrected chi connectivity index (χ1v) is 4.37. The number of hydrogen-bond donors (Lipinski definition) is 0. The molecule has 0 saturated heterocycles. The van der Waals surface area contributed by atoms with Gasteiger partial charge in [0.1, 0.15) is 0 Å². The quantitative estimate of drug-likeness (QED) is 0.687. The predicted octanol–water partition coefficient (Wildman–Crippen LogP) is 1.58. The van der Waals surface area contributed by atoms with Crippen molar-refractivity contribution in [2.45, 2.75) is 13.8 Å². The van der Waals surface area contributed by atoms with Crippen LogP contribution in [0.2, 0.25) is 0 Å². The van der Waals surface area contributed by atoms with Gasteiger partial charge >= 0.3 is 5.97 Å². The largest absolute Gasteiger partial charge is 0.494 e. The summed E-state index contributed by atoms with van der Waals surface area (Å²) in [5.41, 5.74) is 1.10. The lowest BCUT2D eigenvalue weighted by molar-refractivity contribution is 0.0515. The van der Waals surface area contributed by atoms with Gasteiger partial charge in [0.05, 0.1) is 13.7 Å². The lowest BCUT2D eigenvalue weighted by Gasteiger charge is -2.08. The zero-order valence-electron chi connectivity index (χ0n) is 8.53. The van der Waals surface area contributed by atoms with E-state index in [4.69, 9.17) is 9.47 Å². The highest BCUT2D eigenvalue weighted by atomic mass is 16.5. The topological polar surface area (TPSA) is 48.4 Å². The van der Waals surface area contributed by atoms with Crippen LogP contribution in [0.1, 0.15) is 23.0 Å². The summed E-state index contributed by atoms with van der Waals surface area (Å²) in [7, 11) is 1.51. The van der Waals surface area contributed by atoms with E-state index in [1.165, 1.54) is 7.11 Å². The minimum Gasteiger partial charge on any atom is -0.494 e. The lowest BCUT2D eigenvalue weighted by Crippen LogP contribution is -2.09. The molecule has 1 aromatic heterocycles. The van der Waals surface area contributed by atoms with Crippen LogP contribution in [0.15, 0.2) is 12.3 Å². The first kappa shape index (κ1) is 10.5. The van der Waals surface area contributed by atoms with E-state index in [2.05, 4.69) is 4.98 Å². The summed E-state index contributed by atoms with van der Waals surface area (Å²) in [4.78, 5) is 15.3. The average Bonchev–Trinajstić information content (AvgIpc) is 2.17. The summed E-state index contributed by atoms with van der Waals surface area (Å²) in [6.07, 6.45) is 1.56.